The van der Waals surface area contributed by atoms with Gasteiger partial charge in [-0.15, -0.1) is 0 Å². The van der Waals surface area contributed by atoms with Gasteiger partial charge < -0.3 is 10.1 Å². The number of rotatable bonds is 7. The molecule has 0 saturated carbocycles. The third-order valence-electron chi connectivity index (χ3n) is 3.25. The lowest BCUT2D eigenvalue weighted by Crippen LogP contribution is -2.23. The van der Waals surface area contributed by atoms with Gasteiger partial charge in [0, 0.05) is 23.9 Å². The average molecular weight is 369 g/mol. The molecule has 1 amide bonds. The summed E-state index contributed by atoms with van der Waals surface area (Å²) in [4.78, 5) is 12.2. The van der Waals surface area contributed by atoms with Crippen LogP contribution < -0.4 is 10.1 Å². The van der Waals surface area contributed by atoms with Crippen LogP contribution in [0.4, 0.5) is 8.78 Å². The zero-order chi connectivity index (χ0) is 18.4. The van der Waals surface area contributed by atoms with E-state index in [2.05, 4.69) is 10.1 Å². The molecule has 0 aliphatic heterocycles. The van der Waals surface area contributed by atoms with Crippen LogP contribution in [-0.4, -0.2) is 27.2 Å². The Kier molecular flexibility index (Phi) is 6.08. The monoisotopic (exact) mass is 369 g/mol. The molecule has 0 aliphatic carbocycles. The summed E-state index contributed by atoms with van der Waals surface area (Å²) in [5, 5.41) is 2.61. The molecule has 25 heavy (non-hydrogen) atoms. The first kappa shape index (κ1) is 18.9. The number of amides is 1. The predicted octanol–water partition coefficient (Wildman–Crippen LogP) is 2.76. The summed E-state index contributed by atoms with van der Waals surface area (Å²) < 4.78 is 51.9. The van der Waals surface area contributed by atoms with Gasteiger partial charge in [-0.25, -0.2) is 8.42 Å². The van der Waals surface area contributed by atoms with Crippen LogP contribution in [0.25, 0.3) is 0 Å². The smallest absolute Gasteiger partial charge is 0.387 e. The fourth-order valence-corrected chi connectivity index (χ4v) is 3.03. The van der Waals surface area contributed by atoms with E-state index in [4.69, 9.17) is 0 Å². The van der Waals surface area contributed by atoms with E-state index in [0.29, 0.717) is 11.1 Å². The Labute approximate surface area is 144 Å². The SMILES string of the molecule is CS(=O)(=O)Cc1cccc(C(=O)NCc2ccccc2OC(F)F)c1. The van der Waals surface area contributed by atoms with Gasteiger partial charge in [-0.3, -0.25) is 4.79 Å². The maximum absolute atomic E-state index is 12.4. The summed E-state index contributed by atoms with van der Waals surface area (Å²) in [6.45, 7) is -2.96. The number of alkyl halides is 2. The number of sulfone groups is 1. The summed E-state index contributed by atoms with van der Waals surface area (Å²) >= 11 is 0. The van der Waals surface area contributed by atoms with Crippen molar-refractivity contribution < 1.29 is 26.7 Å². The third-order valence-corrected chi connectivity index (χ3v) is 4.10. The van der Waals surface area contributed by atoms with Gasteiger partial charge in [0.1, 0.15) is 5.75 Å². The van der Waals surface area contributed by atoms with Gasteiger partial charge >= 0.3 is 6.61 Å². The van der Waals surface area contributed by atoms with Crippen molar-refractivity contribution >= 4 is 15.7 Å². The van der Waals surface area contributed by atoms with Crippen molar-refractivity contribution in [1.82, 2.24) is 5.32 Å². The second-order valence-electron chi connectivity index (χ2n) is 5.44. The molecule has 0 aliphatic rings. The number of benzene rings is 2. The lowest BCUT2D eigenvalue weighted by molar-refractivity contribution is -0.0504. The highest BCUT2D eigenvalue weighted by Crippen LogP contribution is 2.20. The van der Waals surface area contributed by atoms with E-state index >= 15 is 0 Å². The summed E-state index contributed by atoms with van der Waals surface area (Å²) in [5.74, 6) is -0.620. The largest absolute Gasteiger partial charge is 0.434 e. The first-order chi connectivity index (χ1) is 11.7. The quantitative estimate of drug-likeness (QED) is 0.815. The van der Waals surface area contributed by atoms with Crippen molar-refractivity contribution in [3.8, 4) is 5.75 Å². The molecule has 0 atom stereocenters. The maximum Gasteiger partial charge on any atom is 0.387 e. The molecule has 0 unspecified atom stereocenters. The van der Waals surface area contributed by atoms with Gasteiger partial charge in [0.05, 0.1) is 5.75 Å². The minimum absolute atomic E-state index is 0.00195. The molecule has 2 aromatic carbocycles. The van der Waals surface area contributed by atoms with Crippen LogP contribution in [0.1, 0.15) is 21.5 Å². The molecule has 0 saturated heterocycles. The Morgan fingerprint density at radius 3 is 2.56 bits per heavy atom. The minimum Gasteiger partial charge on any atom is -0.434 e. The van der Waals surface area contributed by atoms with Gasteiger partial charge in [-0.05, 0) is 23.8 Å². The van der Waals surface area contributed by atoms with Gasteiger partial charge in [0.25, 0.3) is 5.91 Å². The van der Waals surface area contributed by atoms with Crippen molar-refractivity contribution in [1.29, 1.82) is 0 Å². The Balaban J connectivity index is 2.07. The second-order valence-corrected chi connectivity index (χ2v) is 7.58. The highest BCUT2D eigenvalue weighted by molar-refractivity contribution is 7.89. The van der Waals surface area contributed by atoms with Crippen molar-refractivity contribution in [3.05, 3.63) is 65.2 Å². The topological polar surface area (TPSA) is 72.5 Å². The Morgan fingerprint density at radius 1 is 1.16 bits per heavy atom. The van der Waals surface area contributed by atoms with E-state index in [1.165, 1.54) is 12.1 Å². The van der Waals surface area contributed by atoms with Crippen molar-refractivity contribution in [2.75, 3.05) is 6.26 Å². The van der Waals surface area contributed by atoms with Crippen LogP contribution in [-0.2, 0) is 22.1 Å². The van der Waals surface area contributed by atoms with Crippen LogP contribution in [0.3, 0.4) is 0 Å². The standard InChI is InChI=1S/C17H17F2NO4S/c1-25(22,23)11-12-5-4-7-13(9-12)16(21)20-10-14-6-2-3-8-15(14)24-17(18)19/h2-9,17H,10-11H2,1H3,(H,20,21). The lowest BCUT2D eigenvalue weighted by Gasteiger charge is -2.11. The molecule has 0 spiro atoms. The van der Waals surface area contributed by atoms with E-state index in [-0.39, 0.29) is 23.6 Å². The second kappa shape index (κ2) is 8.06. The van der Waals surface area contributed by atoms with E-state index in [9.17, 15) is 22.0 Å². The molecule has 0 radical (unpaired) electrons. The fraction of sp³-hybridized carbons (Fsp3) is 0.235. The Hall–Kier alpha value is -2.48. The molecule has 5 nitrogen and oxygen atoms in total. The van der Waals surface area contributed by atoms with Crippen LogP contribution >= 0.6 is 0 Å². The Bertz CT molecular complexity index is 853. The van der Waals surface area contributed by atoms with E-state index in [0.717, 1.165) is 6.26 Å². The molecule has 2 rings (SSSR count). The number of hydrogen-bond acceptors (Lipinski definition) is 4. The molecular weight excluding hydrogens is 352 g/mol. The molecular formula is C17H17F2NO4S. The first-order valence-electron chi connectivity index (χ1n) is 7.32. The lowest BCUT2D eigenvalue weighted by atomic mass is 10.1. The fourth-order valence-electron chi connectivity index (χ4n) is 2.24. The molecule has 0 aromatic heterocycles. The van der Waals surface area contributed by atoms with E-state index in [1.54, 1.807) is 36.4 Å². The van der Waals surface area contributed by atoms with Crippen molar-refractivity contribution in [3.63, 3.8) is 0 Å². The minimum atomic E-state index is -3.21. The Morgan fingerprint density at radius 2 is 1.88 bits per heavy atom. The molecule has 0 bridgehead atoms. The van der Waals surface area contributed by atoms with Gasteiger partial charge in [0.2, 0.25) is 0 Å². The predicted molar refractivity (Wildman–Crippen MR) is 89.2 cm³/mol. The summed E-state index contributed by atoms with van der Waals surface area (Å²) in [6, 6.07) is 12.4. The van der Waals surface area contributed by atoms with Gasteiger partial charge in [-0.1, -0.05) is 30.3 Å². The van der Waals surface area contributed by atoms with Crippen LogP contribution in [0.5, 0.6) is 5.75 Å². The van der Waals surface area contributed by atoms with Gasteiger partial charge in [-0.2, -0.15) is 8.78 Å². The highest BCUT2D eigenvalue weighted by atomic mass is 32.2. The number of carbonyl (C=O) groups is 1. The van der Waals surface area contributed by atoms with Crippen molar-refractivity contribution in [2.45, 2.75) is 18.9 Å². The number of para-hydroxylation sites is 1. The molecule has 134 valence electrons. The number of carbonyl (C=O) groups excluding carboxylic acids is 1. The zero-order valence-electron chi connectivity index (χ0n) is 13.4. The molecule has 2 aromatic rings. The zero-order valence-corrected chi connectivity index (χ0v) is 14.2. The summed E-state index contributed by atoms with van der Waals surface area (Å²) in [6.07, 6.45) is 1.11. The molecule has 1 N–H and O–H groups in total. The van der Waals surface area contributed by atoms with Gasteiger partial charge in [0.15, 0.2) is 9.84 Å². The number of ether oxygens (including phenoxy) is 1. The highest BCUT2D eigenvalue weighted by Gasteiger charge is 2.12. The van der Waals surface area contributed by atoms with E-state index < -0.39 is 22.4 Å². The summed E-state index contributed by atoms with van der Waals surface area (Å²) in [7, 11) is -3.21. The van der Waals surface area contributed by atoms with Crippen LogP contribution in [0, 0.1) is 0 Å². The van der Waals surface area contributed by atoms with E-state index in [1.807, 2.05) is 0 Å². The molecule has 0 fully saturated rings. The number of halogens is 2. The average Bonchev–Trinajstić information content (AvgIpc) is 2.52. The third kappa shape index (κ3) is 6.15. The maximum atomic E-state index is 12.4. The molecule has 8 heteroatoms. The molecule has 0 heterocycles. The van der Waals surface area contributed by atoms with Crippen molar-refractivity contribution in [2.24, 2.45) is 0 Å². The van der Waals surface area contributed by atoms with Crippen LogP contribution in [0.2, 0.25) is 0 Å². The van der Waals surface area contributed by atoms with Crippen LogP contribution in [0.15, 0.2) is 48.5 Å². The number of hydrogen-bond donors (Lipinski definition) is 1. The summed E-state index contributed by atoms with van der Waals surface area (Å²) in [5.41, 5.74) is 1.19. The first-order valence-corrected chi connectivity index (χ1v) is 9.38. The number of nitrogens with one attached hydrogen (secondary N) is 1. The normalized spacial score (nSPS) is 11.4.